The number of rotatable bonds is 3. The van der Waals surface area contributed by atoms with Gasteiger partial charge in [-0.25, -0.2) is 9.78 Å². The number of ether oxygens (including phenoxy) is 1. The minimum absolute atomic E-state index is 0. The van der Waals surface area contributed by atoms with Crippen molar-refractivity contribution in [2.24, 2.45) is 7.05 Å². The van der Waals surface area contributed by atoms with Crippen molar-refractivity contribution >= 4 is 56.1 Å². The minimum Gasteiger partial charge on any atom is -0.657 e. The van der Waals surface area contributed by atoms with E-state index in [0.29, 0.717) is 5.56 Å². The Labute approximate surface area is 283 Å². The Balaban J connectivity index is 0.00000357. The molecule has 0 spiro atoms. The van der Waals surface area contributed by atoms with Crippen molar-refractivity contribution in [3.63, 3.8) is 0 Å². The Bertz CT molecular complexity index is 2150. The van der Waals surface area contributed by atoms with E-state index < -0.39 is 0 Å². The summed E-state index contributed by atoms with van der Waals surface area (Å²) in [5.74, 6) is -0.370. The summed E-state index contributed by atoms with van der Waals surface area (Å²) < 4.78 is 8.07. The molecule has 5 aromatic rings. The summed E-state index contributed by atoms with van der Waals surface area (Å²) >= 11 is 3.83. The maximum atomic E-state index is 12.2. The van der Waals surface area contributed by atoms with Crippen molar-refractivity contribution in [2.75, 3.05) is 7.11 Å². The number of hydrogen-bond donors (Lipinski definition) is 0. The number of carbonyl (C=O) groups is 1. The van der Waals surface area contributed by atoms with Crippen molar-refractivity contribution in [3.05, 3.63) is 118 Å². The fraction of sp³-hybridized carbons (Fsp3) is 0.162. The summed E-state index contributed by atoms with van der Waals surface area (Å²) in [4.78, 5) is 27.5. The third-order valence-electron chi connectivity index (χ3n) is 8.35. The molecule has 2 aliphatic rings. The van der Waals surface area contributed by atoms with Crippen LogP contribution in [0.15, 0.2) is 89.4 Å². The Morgan fingerprint density at radius 2 is 1.67 bits per heavy atom. The molecule has 8 heteroatoms. The third-order valence-corrected chi connectivity index (χ3v) is 8.99. The van der Waals surface area contributed by atoms with Crippen molar-refractivity contribution in [2.45, 2.75) is 25.7 Å². The Morgan fingerprint density at radius 3 is 2.40 bits per heavy atom. The first-order valence-electron chi connectivity index (χ1n) is 14.5. The Hall–Kier alpha value is -4.13. The molecule has 2 aliphatic heterocycles. The zero-order valence-electron chi connectivity index (χ0n) is 25.6. The van der Waals surface area contributed by atoms with Crippen LogP contribution in [0.1, 0.15) is 47.0 Å². The average molecular weight is 708 g/mol. The molecule has 220 valence electrons. The molecule has 3 aromatic heterocycles. The quantitative estimate of drug-likeness (QED) is 0.136. The van der Waals surface area contributed by atoms with Crippen LogP contribution >= 0.6 is 15.9 Å². The predicted molar refractivity (Wildman–Crippen MR) is 180 cm³/mol. The van der Waals surface area contributed by atoms with Gasteiger partial charge in [-0.2, -0.15) is 0 Å². The number of aromatic nitrogens is 4. The van der Waals surface area contributed by atoms with E-state index in [9.17, 15) is 4.79 Å². The van der Waals surface area contributed by atoms with Gasteiger partial charge >= 0.3 is 5.97 Å². The van der Waals surface area contributed by atoms with Gasteiger partial charge in [0.15, 0.2) is 0 Å². The second-order valence-corrected chi connectivity index (χ2v) is 12.7. The van der Waals surface area contributed by atoms with Gasteiger partial charge in [0.25, 0.3) is 0 Å². The maximum Gasteiger partial charge on any atom is 0.337 e. The number of nitrogens with zero attached hydrogens (tertiary/aromatic N) is 4. The molecule has 0 unspecified atom stereocenters. The molecule has 7 rings (SSSR count). The fourth-order valence-electron chi connectivity index (χ4n) is 6.03. The van der Waals surface area contributed by atoms with Gasteiger partial charge in [0.1, 0.15) is 0 Å². The molecule has 6 nitrogen and oxygen atoms in total. The van der Waals surface area contributed by atoms with Crippen molar-refractivity contribution in [1.29, 1.82) is 0 Å². The Morgan fingerprint density at radius 1 is 0.911 bits per heavy atom. The van der Waals surface area contributed by atoms with Crippen LogP contribution in [0, 0.1) is 0 Å². The van der Waals surface area contributed by atoms with E-state index in [0.717, 1.165) is 78.0 Å². The van der Waals surface area contributed by atoms with Crippen LogP contribution in [0.5, 0.6) is 0 Å². The van der Waals surface area contributed by atoms with E-state index >= 15 is 0 Å². The molecule has 2 aromatic carbocycles. The van der Waals surface area contributed by atoms with E-state index in [2.05, 4.69) is 77.8 Å². The number of methoxy groups -OCH3 is 1. The number of aryl methyl sites for hydroxylation is 1. The topological polar surface area (TPSA) is 71.1 Å². The van der Waals surface area contributed by atoms with Crippen LogP contribution in [0.4, 0.5) is 0 Å². The zero-order valence-corrected chi connectivity index (χ0v) is 30.2. The van der Waals surface area contributed by atoms with Crippen LogP contribution < -0.4 is 4.98 Å². The predicted octanol–water partition coefficient (Wildman–Crippen LogP) is 8.53. The third kappa shape index (κ3) is 5.73. The molecule has 0 radical (unpaired) electrons. The summed E-state index contributed by atoms with van der Waals surface area (Å²) in [5.41, 5.74) is 11.8. The van der Waals surface area contributed by atoms with Gasteiger partial charge < -0.3 is 14.3 Å². The molecule has 0 fully saturated rings. The second-order valence-electron chi connectivity index (χ2n) is 11.8. The van der Waals surface area contributed by atoms with Crippen LogP contribution in [-0.2, 0) is 43.1 Å². The number of halogens is 1. The summed E-state index contributed by atoms with van der Waals surface area (Å²) in [5, 5.41) is 0. The van der Waals surface area contributed by atoms with Crippen LogP contribution in [0.3, 0.4) is 0 Å². The number of benzene rings is 2. The molecule has 0 N–H and O–H groups in total. The molecule has 0 aliphatic carbocycles. The minimum atomic E-state index is -0.370. The number of carbonyl (C=O) groups excluding carboxylic acids is 1. The Kier molecular flexibility index (Phi) is 8.23. The summed E-state index contributed by atoms with van der Waals surface area (Å²) in [6.07, 6.45) is 4.88. The van der Waals surface area contributed by atoms with Gasteiger partial charge in [-0.05, 0) is 69.0 Å². The van der Waals surface area contributed by atoms with Crippen LogP contribution in [-0.4, -0.2) is 27.6 Å². The molecule has 0 atom stereocenters. The molecule has 0 saturated carbocycles. The van der Waals surface area contributed by atoms with E-state index in [1.165, 1.54) is 7.11 Å². The zero-order chi connectivity index (χ0) is 30.6. The van der Waals surface area contributed by atoms with Gasteiger partial charge in [0, 0.05) is 59.8 Å². The van der Waals surface area contributed by atoms with Crippen LogP contribution in [0.2, 0.25) is 0 Å². The summed E-state index contributed by atoms with van der Waals surface area (Å²) in [6.45, 7) is 4.46. The molecular formula is C37H30BrN4O2Zn-. The van der Waals surface area contributed by atoms with E-state index in [1.54, 1.807) is 12.1 Å². The first-order chi connectivity index (χ1) is 21.2. The maximum absolute atomic E-state index is 12.2. The first kappa shape index (κ1) is 30.9. The molecule has 0 amide bonds. The molecule has 0 saturated heterocycles. The number of esters is 1. The average Bonchev–Trinajstić information content (AvgIpc) is 3.77. The number of hydrogen-bond acceptors (Lipinski definition) is 4. The van der Waals surface area contributed by atoms with Gasteiger partial charge in [0.05, 0.1) is 35.1 Å². The molecular weight excluding hydrogens is 678 g/mol. The van der Waals surface area contributed by atoms with Crippen LogP contribution in [0.25, 0.3) is 56.5 Å². The van der Waals surface area contributed by atoms with Gasteiger partial charge in [-0.1, -0.05) is 74.5 Å². The standard InChI is InChI=1S/C37H31BrN4O2.Zn/c1-37(2)21-27-18-32-29(38)20-33(42(32)3)35(23-10-12-24(13-11-23)36(43)44-4)30-15-14-25(39-30)17-31-28(22-8-6-5-7-9-22)16-26(40-31)19-34(37)41-27;/h5-20H,21H2,1-4H3,(H,39,40,41,43);/p-1. The van der Waals surface area contributed by atoms with Gasteiger partial charge in [-0.15, -0.1) is 11.0 Å². The van der Waals surface area contributed by atoms with Crippen molar-refractivity contribution in [1.82, 2.24) is 19.5 Å². The van der Waals surface area contributed by atoms with Crippen molar-refractivity contribution < 1.29 is 29.0 Å². The molecule has 45 heavy (non-hydrogen) atoms. The molecule has 5 heterocycles. The van der Waals surface area contributed by atoms with E-state index in [-0.39, 0.29) is 30.9 Å². The summed E-state index contributed by atoms with van der Waals surface area (Å²) in [7, 11) is 3.45. The van der Waals surface area contributed by atoms with E-state index in [4.69, 9.17) is 19.7 Å². The first-order valence-corrected chi connectivity index (χ1v) is 15.3. The van der Waals surface area contributed by atoms with Gasteiger partial charge in [-0.3, -0.25) is 4.98 Å². The summed E-state index contributed by atoms with van der Waals surface area (Å²) in [6, 6.07) is 28.4. The fourth-order valence-corrected chi connectivity index (χ4v) is 6.62. The van der Waals surface area contributed by atoms with Gasteiger partial charge in [0.2, 0.25) is 0 Å². The van der Waals surface area contributed by atoms with Crippen molar-refractivity contribution in [3.8, 4) is 22.3 Å². The largest absolute Gasteiger partial charge is 0.657 e. The van der Waals surface area contributed by atoms with E-state index in [1.807, 2.05) is 48.6 Å². The molecule has 8 bridgehead atoms. The normalized spacial score (nSPS) is 13.4. The smallest absolute Gasteiger partial charge is 0.337 e. The second kappa shape index (κ2) is 12.0. The monoisotopic (exact) mass is 705 g/mol. The SMILES string of the molecule is COC(=O)c1ccc(-c2c3nc(cc4[n-]c(cc5nc(cc6c(Br)cc2n6C)CC5(C)C)cc4-c2ccccc2)C=C3)cc1.[Zn]. The number of fused-ring (bicyclic) bond motifs is 8.